The van der Waals surface area contributed by atoms with Gasteiger partial charge in [0.2, 0.25) is 0 Å². The minimum absolute atomic E-state index is 0.159. The van der Waals surface area contributed by atoms with Crippen LogP contribution in [0.3, 0.4) is 0 Å². The van der Waals surface area contributed by atoms with Gasteiger partial charge < -0.3 is 15.5 Å². The third kappa shape index (κ3) is 2.77. The van der Waals surface area contributed by atoms with E-state index in [2.05, 4.69) is 5.32 Å². The first-order chi connectivity index (χ1) is 5.34. The van der Waals surface area contributed by atoms with E-state index in [4.69, 9.17) is 5.11 Å². The van der Waals surface area contributed by atoms with E-state index in [1.807, 2.05) is 0 Å². The van der Waals surface area contributed by atoms with E-state index in [9.17, 15) is 5.11 Å². The van der Waals surface area contributed by atoms with Gasteiger partial charge in [-0.05, 0) is 32.2 Å². The number of aliphatic hydroxyl groups is 2. The van der Waals surface area contributed by atoms with Crippen molar-refractivity contribution in [3.8, 4) is 0 Å². The van der Waals surface area contributed by atoms with Crippen LogP contribution in [0.15, 0.2) is 0 Å². The average molecular weight is 159 g/mol. The van der Waals surface area contributed by atoms with Crippen LogP contribution in [0.25, 0.3) is 0 Å². The van der Waals surface area contributed by atoms with E-state index in [0.29, 0.717) is 0 Å². The lowest BCUT2D eigenvalue weighted by Gasteiger charge is -2.15. The summed E-state index contributed by atoms with van der Waals surface area (Å²) >= 11 is 0. The van der Waals surface area contributed by atoms with E-state index in [1.54, 1.807) is 0 Å². The van der Waals surface area contributed by atoms with E-state index in [0.717, 1.165) is 32.2 Å². The Morgan fingerprint density at radius 3 is 2.73 bits per heavy atom. The molecule has 0 heterocycles. The highest BCUT2D eigenvalue weighted by Gasteiger charge is 2.23. The maximum atomic E-state index is 9.36. The summed E-state index contributed by atoms with van der Waals surface area (Å²) in [5.41, 5.74) is 0. The zero-order valence-corrected chi connectivity index (χ0v) is 6.79. The van der Waals surface area contributed by atoms with Gasteiger partial charge in [0.05, 0.1) is 6.10 Å². The number of nitrogens with one attached hydrogen (secondary N) is 1. The van der Waals surface area contributed by atoms with E-state index >= 15 is 0 Å². The SMILES string of the molecule is OCCCN[C@H]1CCC[C@@H]1O. The zero-order valence-electron chi connectivity index (χ0n) is 6.79. The normalized spacial score (nSPS) is 31.1. The third-order valence-electron chi connectivity index (χ3n) is 2.22. The molecule has 11 heavy (non-hydrogen) atoms. The molecule has 0 amide bonds. The molecule has 0 bridgehead atoms. The number of aliphatic hydroxyl groups excluding tert-OH is 2. The topological polar surface area (TPSA) is 52.5 Å². The Bertz CT molecular complexity index is 108. The summed E-state index contributed by atoms with van der Waals surface area (Å²) in [6.07, 6.45) is 3.75. The maximum Gasteiger partial charge on any atom is 0.0693 e. The van der Waals surface area contributed by atoms with Crippen molar-refractivity contribution >= 4 is 0 Å². The summed E-state index contributed by atoms with van der Waals surface area (Å²) in [5.74, 6) is 0. The van der Waals surface area contributed by atoms with Crippen molar-refractivity contribution in [2.75, 3.05) is 13.2 Å². The molecule has 1 fully saturated rings. The molecule has 1 rings (SSSR count). The molecule has 66 valence electrons. The highest BCUT2D eigenvalue weighted by atomic mass is 16.3. The van der Waals surface area contributed by atoms with Crippen molar-refractivity contribution < 1.29 is 10.2 Å². The maximum absolute atomic E-state index is 9.36. The Balaban J connectivity index is 2.05. The van der Waals surface area contributed by atoms with Gasteiger partial charge in [0.1, 0.15) is 0 Å². The molecule has 0 aliphatic heterocycles. The summed E-state index contributed by atoms with van der Waals surface area (Å²) in [7, 11) is 0. The molecule has 3 nitrogen and oxygen atoms in total. The largest absolute Gasteiger partial charge is 0.396 e. The van der Waals surface area contributed by atoms with Gasteiger partial charge >= 0.3 is 0 Å². The minimum atomic E-state index is -0.159. The molecule has 0 aromatic heterocycles. The second-order valence-corrected chi connectivity index (χ2v) is 3.14. The van der Waals surface area contributed by atoms with Crippen molar-refractivity contribution in [2.45, 2.75) is 37.8 Å². The van der Waals surface area contributed by atoms with Crippen LogP contribution < -0.4 is 5.32 Å². The van der Waals surface area contributed by atoms with Crippen LogP contribution >= 0.6 is 0 Å². The molecule has 1 aliphatic rings. The second-order valence-electron chi connectivity index (χ2n) is 3.14. The summed E-state index contributed by atoms with van der Waals surface area (Å²) < 4.78 is 0. The smallest absolute Gasteiger partial charge is 0.0693 e. The second kappa shape index (κ2) is 4.70. The Kier molecular flexibility index (Phi) is 3.83. The summed E-state index contributed by atoms with van der Waals surface area (Å²) in [6.45, 7) is 1.05. The van der Waals surface area contributed by atoms with E-state index in [-0.39, 0.29) is 18.8 Å². The first-order valence-electron chi connectivity index (χ1n) is 4.37. The highest BCUT2D eigenvalue weighted by molar-refractivity contribution is 4.82. The fourth-order valence-electron chi connectivity index (χ4n) is 1.55. The van der Waals surface area contributed by atoms with Gasteiger partial charge in [0.15, 0.2) is 0 Å². The molecule has 0 saturated heterocycles. The minimum Gasteiger partial charge on any atom is -0.396 e. The number of hydrogen-bond acceptors (Lipinski definition) is 3. The van der Waals surface area contributed by atoms with Gasteiger partial charge in [-0.3, -0.25) is 0 Å². The summed E-state index contributed by atoms with van der Waals surface area (Å²) in [4.78, 5) is 0. The Morgan fingerprint density at radius 1 is 1.36 bits per heavy atom. The predicted octanol–water partition coefficient (Wildman–Crippen LogP) is -0.128. The molecular formula is C8H17NO2. The van der Waals surface area contributed by atoms with Crippen LogP contribution in [0.5, 0.6) is 0 Å². The van der Waals surface area contributed by atoms with Crippen LogP contribution in [0.4, 0.5) is 0 Å². The Labute approximate surface area is 67.4 Å². The molecule has 3 heteroatoms. The predicted molar refractivity (Wildman–Crippen MR) is 43.4 cm³/mol. The molecule has 2 atom stereocenters. The first-order valence-corrected chi connectivity index (χ1v) is 4.37. The van der Waals surface area contributed by atoms with Gasteiger partial charge in [0, 0.05) is 12.6 Å². The molecular weight excluding hydrogens is 142 g/mol. The van der Waals surface area contributed by atoms with Crippen LogP contribution in [-0.4, -0.2) is 35.5 Å². The van der Waals surface area contributed by atoms with E-state index < -0.39 is 0 Å². The van der Waals surface area contributed by atoms with Crippen LogP contribution in [0, 0.1) is 0 Å². The summed E-state index contributed by atoms with van der Waals surface area (Å²) in [6, 6.07) is 0.279. The van der Waals surface area contributed by atoms with Crippen LogP contribution in [0.2, 0.25) is 0 Å². The monoisotopic (exact) mass is 159 g/mol. The lowest BCUT2D eigenvalue weighted by atomic mass is 10.2. The number of hydrogen-bond donors (Lipinski definition) is 3. The van der Waals surface area contributed by atoms with Gasteiger partial charge in [-0.25, -0.2) is 0 Å². The average Bonchev–Trinajstić information content (AvgIpc) is 2.37. The van der Waals surface area contributed by atoms with Crippen molar-refractivity contribution in [2.24, 2.45) is 0 Å². The fourth-order valence-corrected chi connectivity index (χ4v) is 1.55. The van der Waals surface area contributed by atoms with Crippen molar-refractivity contribution in [3.63, 3.8) is 0 Å². The quantitative estimate of drug-likeness (QED) is 0.501. The third-order valence-corrected chi connectivity index (χ3v) is 2.22. The van der Waals surface area contributed by atoms with Gasteiger partial charge in [-0.2, -0.15) is 0 Å². The standard InChI is InChI=1S/C8H17NO2/c10-6-2-5-9-7-3-1-4-8(7)11/h7-11H,1-6H2/t7-,8-/m0/s1. The fraction of sp³-hybridized carbons (Fsp3) is 1.00. The van der Waals surface area contributed by atoms with Crippen LogP contribution in [-0.2, 0) is 0 Å². The van der Waals surface area contributed by atoms with Gasteiger partial charge in [-0.15, -0.1) is 0 Å². The molecule has 0 radical (unpaired) electrons. The molecule has 0 spiro atoms. The number of rotatable bonds is 4. The molecule has 0 unspecified atom stereocenters. The lowest BCUT2D eigenvalue weighted by Crippen LogP contribution is -2.36. The van der Waals surface area contributed by atoms with Crippen LogP contribution in [0.1, 0.15) is 25.7 Å². The van der Waals surface area contributed by atoms with Crippen molar-refractivity contribution in [1.82, 2.24) is 5.32 Å². The molecule has 0 aromatic rings. The van der Waals surface area contributed by atoms with Gasteiger partial charge in [0.25, 0.3) is 0 Å². The highest BCUT2D eigenvalue weighted by Crippen LogP contribution is 2.18. The first kappa shape index (κ1) is 8.97. The summed E-state index contributed by atoms with van der Waals surface area (Å²) in [5, 5.41) is 21.1. The molecule has 1 saturated carbocycles. The van der Waals surface area contributed by atoms with E-state index in [1.165, 1.54) is 0 Å². The zero-order chi connectivity index (χ0) is 8.10. The van der Waals surface area contributed by atoms with Crippen molar-refractivity contribution in [1.29, 1.82) is 0 Å². The molecule has 1 aliphatic carbocycles. The lowest BCUT2D eigenvalue weighted by molar-refractivity contribution is 0.148. The van der Waals surface area contributed by atoms with Gasteiger partial charge in [-0.1, -0.05) is 0 Å². The van der Waals surface area contributed by atoms with Crippen molar-refractivity contribution in [3.05, 3.63) is 0 Å². The Morgan fingerprint density at radius 2 is 2.18 bits per heavy atom. The molecule has 0 aromatic carbocycles. The molecule has 3 N–H and O–H groups in total. The Hall–Kier alpha value is -0.120.